The molecule has 158 valence electrons. The maximum atomic E-state index is 12.4. The molecule has 0 saturated heterocycles. The summed E-state index contributed by atoms with van der Waals surface area (Å²) in [6, 6.07) is 3.46. The van der Waals surface area contributed by atoms with Crippen molar-refractivity contribution in [2.75, 3.05) is 18.8 Å². The number of anilines is 1. The van der Waals surface area contributed by atoms with E-state index < -0.39 is 0 Å². The Kier molecular flexibility index (Phi) is 6.00. The maximum Gasteiger partial charge on any atom is 0.267 e. The Morgan fingerprint density at radius 2 is 1.53 bits per heavy atom. The van der Waals surface area contributed by atoms with E-state index in [0.29, 0.717) is 43.3 Å². The standard InChI is InChI=1S/C19H21Br2N7O2/c20-11-3-15(23-7-11)17(29)25-5-9-1-13-14(28-19(22)27-13)2-10(9)6-26-18(30)16-4-12(21)8-24-16/h3-4,7-10,23-24H,1-2,5-6H2,(H,25,29)(H,26,30)(H3,22,27,28). The van der Waals surface area contributed by atoms with Crippen molar-refractivity contribution in [2.24, 2.45) is 11.8 Å². The zero-order chi connectivity index (χ0) is 21.3. The van der Waals surface area contributed by atoms with Crippen molar-refractivity contribution in [1.82, 2.24) is 30.6 Å². The Morgan fingerprint density at radius 3 is 2.03 bits per heavy atom. The summed E-state index contributed by atoms with van der Waals surface area (Å²) in [6.07, 6.45) is 4.80. The van der Waals surface area contributed by atoms with Crippen LogP contribution in [0.25, 0.3) is 0 Å². The van der Waals surface area contributed by atoms with Gasteiger partial charge in [0.05, 0.1) is 5.69 Å². The monoisotopic (exact) mass is 537 g/mol. The van der Waals surface area contributed by atoms with Gasteiger partial charge in [-0.3, -0.25) is 9.59 Å². The third-order valence-electron chi connectivity index (χ3n) is 5.31. The number of nitrogens with one attached hydrogen (secondary N) is 5. The summed E-state index contributed by atoms with van der Waals surface area (Å²) in [4.78, 5) is 38.2. The van der Waals surface area contributed by atoms with Crippen molar-refractivity contribution >= 4 is 49.6 Å². The fourth-order valence-corrected chi connectivity index (χ4v) is 4.45. The molecular weight excluding hydrogens is 518 g/mol. The van der Waals surface area contributed by atoms with Crippen LogP contribution in [-0.2, 0) is 12.8 Å². The van der Waals surface area contributed by atoms with Crippen LogP contribution in [-0.4, -0.2) is 44.8 Å². The van der Waals surface area contributed by atoms with Crippen LogP contribution in [0.2, 0.25) is 0 Å². The minimum absolute atomic E-state index is 0.109. The SMILES string of the molecule is Nc1nc2c([nH]1)CC(CNC(=O)c1cc(Br)c[nH]1)C(CNC(=O)c1cc(Br)c[nH]1)C2. The number of aromatic nitrogens is 4. The molecule has 1 aliphatic carbocycles. The van der Waals surface area contributed by atoms with Gasteiger partial charge in [-0.05, 0) is 68.7 Å². The van der Waals surface area contributed by atoms with Gasteiger partial charge < -0.3 is 31.3 Å². The van der Waals surface area contributed by atoms with Gasteiger partial charge >= 0.3 is 0 Å². The van der Waals surface area contributed by atoms with Gasteiger partial charge in [0.15, 0.2) is 5.95 Å². The first-order chi connectivity index (χ1) is 14.4. The second kappa shape index (κ2) is 8.68. The van der Waals surface area contributed by atoms with E-state index in [1.165, 1.54) is 0 Å². The van der Waals surface area contributed by atoms with E-state index in [1.54, 1.807) is 24.5 Å². The summed E-state index contributed by atoms with van der Waals surface area (Å²) in [5.41, 5.74) is 8.72. The van der Waals surface area contributed by atoms with Crippen molar-refractivity contribution in [3.63, 3.8) is 0 Å². The average Bonchev–Trinajstić information content (AvgIpc) is 3.42. The first kappa shape index (κ1) is 20.7. The molecule has 4 rings (SSSR count). The number of nitrogens with two attached hydrogens (primary N) is 1. The molecule has 2 atom stereocenters. The molecule has 3 heterocycles. The van der Waals surface area contributed by atoms with Gasteiger partial charge in [0.1, 0.15) is 11.4 Å². The van der Waals surface area contributed by atoms with Crippen LogP contribution in [0.1, 0.15) is 32.4 Å². The number of nitrogen functional groups attached to an aromatic ring is 1. The van der Waals surface area contributed by atoms with Gasteiger partial charge in [-0.2, -0.15) is 0 Å². The number of nitrogens with zero attached hydrogens (tertiary/aromatic N) is 1. The predicted molar refractivity (Wildman–Crippen MR) is 119 cm³/mol. The largest absolute Gasteiger partial charge is 0.369 e. The first-order valence-electron chi connectivity index (χ1n) is 9.46. The fraction of sp³-hybridized carbons (Fsp3) is 0.316. The van der Waals surface area contributed by atoms with E-state index in [-0.39, 0.29) is 23.7 Å². The topological polar surface area (TPSA) is 144 Å². The maximum absolute atomic E-state index is 12.4. The number of hydrogen-bond donors (Lipinski definition) is 6. The summed E-state index contributed by atoms with van der Waals surface area (Å²) in [6.45, 7) is 0.943. The van der Waals surface area contributed by atoms with Crippen LogP contribution in [0.4, 0.5) is 5.95 Å². The molecular formula is C19H21Br2N7O2. The summed E-state index contributed by atoms with van der Waals surface area (Å²) in [7, 11) is 0. The Balaban J connectivity index is 1.43. The minimum atomic E-state index is -0.174. The number of rotatable bonds is 6. The van der Waals surface area contributed by atoms with Gasteiger partial charge in [0, 0.05) is 40.1 Å². The van der Waals surface area contributed by atoms with Crippen molar-refractivity contribution in [2.45, 2.75) is 12.8 Å². The summed E-state index contributed by atoms with van der Waals surface area (Å²) in [5, 5.41) is 5.98. The van der Waals surface area contributed by atoms with Gasteiger partial charge in [-0.1, -0.05) is 0 Å². The fourth-order valence-electron chi connectivity index (χ4n) is 3.76. The molecule has 0 radical (unpaired) electrons. The number of imidazole rings is 1. The molecule has 0 bridgehead atoms. The Bertz CT molecular complexity index is 989. The molecule has 0 aromatic carbocycles. The van der Waals surface area contributed by atoms with Crippen LogP contribution in [0.5, 0.6) is 0 Å². The molecule has 3 aromatic heterocycles. The summed E-state index contributed by atoms with van der Waals surface area (Å²) < 4.78 is 1.64. The van der Waals surface area contributed by atoms with Crippen LogP contribution < -0.4 is 16.4 Å². The number of amides is 2. The number of aromatic amines is 3. The number of hydrogen-bond acceptors (Lipinski definition) is 4. The predicted octanol–water partition coefficient (Wildman–Crippen LogP) is 2.36. The van der Waals surface area contributed by atoms with Gasteiger partial charge in [0.25, 0.3) is 11.8 Å². The number of fused-ring (bicyclic) bond motifs is 1. The molecule has 1 aliphatic rings. The van der Waals surface area contributed by atoms with E-state index in [0.717, 1.165) is 20.3 Å². The Hall–Kier alpha value is -2.53. The zero-order valence-corrected chi connectivity index (χ0v) is 19.1. The molecule has 11 heteroatoms. The first-order valence-corrected chi connectivity index (χ1v) is 11.0. The molecule has 9 nitrogen and oxygen atoms in total. The molecule has 0 saturated carbocycles. The number of H-pyrrole nitrogens is 3. The highest BCUT2D eigenvalue weighted by molar-refractivity contribution is 9.10. The normalized spacial score (nSPS) is 18.1. The molecule has 0 spiro atoms. The van der Waals surface area contributed by atoms with Crippen LogP contribution in [0, 0.1) is 11.8 Å². The molecule has 0 aliphatic heterocycles. The van der Waals surface area contributed by atoms with Crippen molar-refractivity contribution in [1.29, 1.82) is 0 Å². The van der Waals surface area contributed by atoms with Crippen LogP contribution in [0.15, 0.2) is 33.5 Å². The highest BCUT2D eigenvalue weighted by Crippen LogP contribution is 2.29. The van der Waals surface area contributed by atoms with E-state index in [1.807, 2.05) is 0 Å². The summed E-state index contributed by atoms with van der Waals surface area (Å²) in [5.74, 6) is 0.273. The lowest BCUT2D eigenvalue weighted by molar-refractivity contribution is 0.0911. The second-order valence-corrected chi connectivity index (χ2v) is 9.19. The lowest BCUT2D eigenvalue weighted by Gasteiger charge is -2.31. The number of halogens is 2. The van der Waals surface area contributed by atoms with Crippen molar-refractivity contribution < 1.29 is 9.59 Å². The minimum Gasteiger partial charge on any atom is -0.369 e. The van der Waals surface area contributed by atoms with E-state index in [9.17, 15) is 9.59 Å². The van der Waals surface area contributed by atoms with Gasteiger partial charge in [-0.15, -0.1) is 0 Å². The number of carbonyl (C=O) groups is 2. The third kappa shape index (κ3) is 4.62. The lowest BCUT2D eigenvalue weighted by atomic mass is 9.79. The zero-order valence-electron chi connectivity index (χ0n) is 15.9. The molecule has 3 aromatic rings. The summed E-state index contributed by atoms with van der Waals surface area (Å²) >= 11 is 6.67. The van der Waals surface area contributed by atoms with Gasteiger partial charge in [0.2, 0.25) is 0 Å². The highest BCUT2D eigenvalue weighted by atomic mass is 79.9. The third-order valence-corrected chi connectivity index (χ3v) is 6.22. The second-order valence-electron chi connectivity index (χ2n) is 7.36. The smallest absolute Gasteiger partial charge is 0.267 e. The molecule has 0 fully saturated rings. The van der Waals surface area contributed by atoms with Crippen LogP contribution in [0.3, 0.4) is 0 Å². The number of carbonyl (C=O) groups excluding carboxylic acids is 2. The molecule has 7 N–H and O–H groups in total. The molecule has 2 unspecified atom stereocenters. The Labute approximate surface area is 189 Å². The van der Waals surface area contributed by atoms with E-state index in [2.05, 4.69) is 62.4 Å². The van der Waals surface area contributed by atoms with Crippen molar-refractivity contribution in [3.05, 3.63) is 56.2 Å². The molecule has 30 heavy (non-hydrogen) atoms. The van der Waals surface area contributed by atoms with Crippen LogP contribution >= 0.6 is 31.9 Å². The lowest BCUT2D eigenvalue weighted by Crippen LogP contribution is -2.42. The van der Waals surface area contributed by atoms with Crippen molar-refractivity contribution in [3.8, 4) is 0 Å². The molecule has 2 amide bonds. The average molecular weight is 539 g/mol. The highest BCUT2D eigenvalue weighted by Gasteiger charge is 2.31. The Morgan fingerprint density at radius 1 is 1.00 bits per heavy atom. The van der Waals surface area contributed by atoms with Gasteiger partial charge in [-0.25, -0.2) is 4.98 Å². The van der Waals surface area contributed by atoms with E-state index in [4.69, 9.17) is 5.73 Å². The quantitative estimate of drug-likeness (QED) is 0.286. The van der Waals surface area contributed by atoms with E-state index >= 15 is 0 Å².